The largest absolute Gasteiger partial charge is 0.370 e. The van der Waals surface area contributed by atoms with E-state index in [9.17, 15) is 0 Å². The summed E-state index contributed by atoms with van der Waals surface area (Å²) in [6.45, 7) is 6.06. The van der Waals surface area contributed by atoms with Gasteiger partial charge < -0.3 is 15.6 Å². The smallest absolute Gasteiger partial charge is 0.193 e. The molecule has 0 radical (unpaired) electrons. The van der Waals surface area contributed by atoms with E-state index in [0.717, 1.165) is 48.9 Å². The van der Waals surface area contributed by atoms with E-state index in [1.54, 1.807) is 11.8 Å². The lowest BCUT2D eigenvalue weighted by molar-refractivity contribution is 0.477. The van der Waals surface area contributed by atoms with Gasteiger partial charge >= 0.3 is 0 Å². The number of benzene rings is 1. The summed E-state index contributed by atoms with van der Waals surface area (Å²) in [6.07, 6.45) is 8.62. The first-order valence-electron chi connectivity index (χ1n) is 10.2. The van der Waals surface area contributed by atoms with Crippen LogP contribution in [0.4, 0.5) is 5.69 Å². The van der Waals surface area contributed by atoms with Crippen molar-refractivity contribution in [3.63, 3.8) is 0 Å². The van der Waals surface area contributed by atoms with Crippen molar-refractivity contribution in [2.45, 2.75) is 64.1 Å². The average molecular weight is 401 g/mol. The van der Waals surface area contributed by atoms with Crippen LogP contribution in [0.5, 0.6) is 0 Å². The Kier molecular flexibility index (Phi) is 7.36. The molecule has 0 saturated carbocycles. The number of aromatic nitrogens is 3. The van der Waals surface area contributed by atoms with Crippen molar-refractivity contribution in [1.82, 2.24) is 14.8 Å². The lowest BCUT2D eigenvalue weighted by Crippen LogP contribution is -2.24. The van der Waals surface area contributed by atoms with Crippen LogP contribution in [-0.2, 0) is 25.8 Å². The molecule has 3 N–H and O–H groups in total. The van der Waals surface area contributed by atoms with Crippen LogP contribution in [0.25, 0.3) is 0 Å². The Balaban J connectivity index is 1.55. The van der Waals surface area contributed by atoms with Gasteiger partial charge in [-0.25, -0.2) is 0 Å². The van der Waals surface area contributed by atoms with Gasteiger partial charge in [-0.1, -0.05) is 37.7 Å². The Hall–Kier alpha value is -2.02. The van der Waals surface area contributed by atoms with E-state index in [4.69, 9.17) is 5.73 Å². The van der Waals surface area contributed by atoms with Crippen molar-refractivity contribution >= 4 is 23.4 Å². The molecule has 1 aromatic heterocycles. The number of aliphatic imine (C=N–C) groups is 1. The first kappa shape index (κ1) is 20.7. The molecule has 0 saturated heterocycles. The predicted molar refractivity (Wildman–Crippen MR) is 118 cm³/mol. The summed E-state index contributed by atoms with van der Waals surface area (Å²) in [5.74, 6) is 2.10. The van der Waals surface area contributed by atoms with Gasteiger partial charge in [-0.3, -0.25) is 4.99 Å². The van der Waals surface area contributed by atoms with Gasteiger partial charge in [0.2, 0.25) is 0 Å². The van der Waals surface area contributed by atoms with E-state index in [2.05, 4.69) is 57.1 Å². The zero-order valence-corrected chi connectivity index (χ0v) is 18.1. The molecule has 0 spiro atoms. The Morgan fingerprint density at radius 1 is 1.29 bits per heavy atom. The predicted octanol–water partition coefficient (Wildman–Crippen LogP) is 3.89. The van der Waals surface area contributed by atoms with Gasteiger partial charge in [0.25, 0.3) is 0 Å². The first-order chi connectivity index (χ1) is 13.6. The molecule has 0 aliphatic heterocycles. The molecule has 3 rings (SSSR count). The van der Waals surface area contributed by atoms with Gasteiger partial charge in [0.15, 0.2) is 11.1 Å². The lowest BCUT2D eigenvalue weighted by atomic mass is 9.90. The van der Waals surface area contributed by atoms with Crippen molar-refractivity contribution in [3.8, 4) is 0 Å². The first-order valence-corrected chi connectivity index (χ1v) is 11.4. The van der Waals surface area contributed by atoms with E-state index in [0.29, 0.717) is 18.4 Å². The highest BCUT2D eigenvalue weighted by Gasteiger charge is 2.14. The highest BCUT2D eigenvalue weighted by molar-refractivity contribution is 7.98. The van der Waals surface area contributed by atoms with Gasteiger partial charge in [0, 0.05) is 25.2 Å². The number of anilines is 1. The molecule has 1 aliphatic carbocycles. The number of rotatable bonds is 8. The van der Waals surface area contributed by atoms with E-state index in [1.807, 2.05) is 6.26 Å². The second kappa shape index (κ2) is 9.96. The Morgan fingerprint density at radius 3 is 2.89 bits per heavy atom. The zero-order chi connectivity index (χ0) is 19.9. The van der Waals surface area contributed by atoms with Crippen LogP contribution in [0.15, 0.2) is 28.3 Å². The Bertz CT molecular complexity index is 811. The summed E-state index contributed by atoms with van der Waals surface area (Å²) >= 11 is 1.65. The summed E-state index contributed by atoms with van der Waals surface area (Å²) in [6, 6.07) is 6.43. The number of hydrogen-bond donors (Lipinski definition) is 2. The molecule has 152 valence electrons. The lowest BCUT2D eigenvalue weighted by Gasteiger charge is -2.19. The molecule has 6 nitrogen and oxygen atoms in total. The molecular formula is C21H32N6S. The molecule has 28 heavy (non-hydrogen) atoms. The number of aryl methyl sites for hydroxylation is 2. The van der Waals surface area contributed by atoms with Crippen molar-refractivity contribution in [3.05, 3.63) is 35.2 Å². The highest BCUT2D eigenvalue weighted by Crippen LogP contribution is 2.27. The van der Waals surface area contributed by atoms with Crippen LogP contribution in [0.2, 0.25) is 0 Å². The molecule has 0 bridgehead atoms. The molecule has 0 amide bonds. The molecule has 0 unspecified atom stereocenters. The van der Waals surface area contributed by atoms with Crippen LogP contribution >= 0.6 is 11.8 Å². The van der Waals surface area contributed by atoms with Crippen molar-refractivity contribution in [2.24, 2.45) is 16.6 Å². The Morgan fingerprint density at radius 2 is 2.11 bits per heavy atom. The summed E-state index contributed by atoms with van der Waals surface area (Å²) < 4.78 is 2.23. The molecular weight excluding hydrogens is 368 g/mol. The minimum Gasteiger partial charge on any atom is -0.370 e. The maximum Gasteiger partial charge on any atom is 0.193 e. The molecule has 1 aromatic carbocycles. The van der Waals surface area contributed by atoms with Gasteiger partial charge in [0.05, 0.1) is 0 Å². The number of nitrogens with two attached hydrogens (primary N) is 1. The van der Waals surface area contributed by atoms with Crippen molar-refractivity contribution in [2.75, 3.05) is 18.1 Å². The fourth-order valence-corrected chi connectivity index (χ4v) is 4.24. The SMILES string of the molecule is CSc1nnc(CCCN=C(N)Nc2cccc3c2CCCC3)n1CC(C)C. The third-order valence-corrected chi connectivity index (χ3v) is 5.69. The standard InChI is InChI=1S/C21H32N6S/c1-15(2)14-27-19(25-26-21(27)28-3)12-7-13-23-20(22)24-18-11-6-9-16-8-4-5-10-17(16)18/h6,9,11,15H,4-5,7-8,10,12-14H2,1-3H3,(H3,22,23,24). The number of thioether (sulfide) groups is 1. The molecule has 0 atom stereocenters. The molecule has 0 fully saturated rings. The number of hydrogen-bond acceptors (Lipinski definition) is 4. The fourth-order valence-electron chi connectivity index (χ4n) is 3.72. The summed E-state index contributed by atoms with van der Waals surface area (Å²) in [5.41, 5.74) is 10.1. The number of guanidine groups is 1. The average Bonchev–Trinajstić information content (AvgIpc) is 3.06. The topological polar surface area (TPSA) is 81.1 Å². The van der Waals surface area contributed by atoms with Gasteiger partial charge in [-0.2, -0.15) is 0 Å². The van der Waals surface area contributed by atoms with Crippen LogP contribution in [0.3, 0.4) is 0 Å². The third kappa shape index (κ3) is 5.28. The highest BCUT2D eigenvalue weighted by atomic mass is 32.2. The van der Waals surface area contributed by atoms with Crippen LogP contribution in [0, 0.1) is 5.92 Å². The summed E-state index contributed by atoms with van der Waals surface area (Å²) in [7, 11) is 0. The van der Waals surface area contributed by atoms with Crippen LogP contribution < -0.4 is 11.1 Å². The summed E-state index contributed by atoms with van der Waals surface area (Å²) in [4.78, 5) is 4.52. The maximum absolute atomic E-state index is 6.14. The van der Waals surface area contributed by atoms with E-state index in [-0.39, 0.29) is 0 Å². The van der Waals surface area contributed by atoms with Gasteiger partial charge in [-0.15, -0.1) is 10.2 Å². The van der Waals surface area contributed by atoms with Crippen molar-refractivity contribution < 1.29 is 0 Å². The third-order valence-electron chi connectivity index (χ3n) is 5.02. The number of nitrogens with one attached hydrogen (secondary N) is 1. The minimum atomic E-state index is 0.493. The Labute approximate surface area is 172 Å². The quantitative estimate of drug-likeness (QED) is 0.304. The molecule has 2 aromatic rings. The van der Waals surface area contributed by atoms with E-state index < -0.39 is 0 Å². The summed E-state index contributed by atoms with van der Waals surface area (Å²) in [5, 5.41) is 13.0. The molecule has 1 aliphatic rings. The molecule has 1 heterocycles. The maximum atomic E-state index is 6.14. The van der Waals surface area contributed by atoms with E-state index >= 15 is 0 Å². The number of nitrogens with zero attached hydrogens (tertiary/aromatic N) is 4. The van der Waals surface area contributed by atoms with Crippen LogP contribution in [-0.4, -0.2) is 33.5 Å². The normalized spacial score (nSPS) is 14.4. The minimum absolute atomic E-state index is 0.493. The zero-order valence-electron chi connectivity index (χ0n) is 17.2. The van der Waals surface area contributed by atoms with Gasteiger partial charge in [0.1, 0.15) is 5.82 Å². The van der Waals surface area contributed by atoms with Gasteiger partial charge in [-0.05, 0) is 61.5 Å². The van der Waals surface area contributed by atoms with Crippen molar-refractivity contribution in [1.29, 1.82) is 0 Å². The molecule has 7 heteroatoms. The number of fused-ring (bicyclic) bond motifs is 1. The van der Waals surface area contributed by atoms with Crippen LogP contribution in [0.1, 0.15) is 50.1 Å². The second-order valence-electron chi connectivity index (χ2n) is 7.75. The van der Waals surface area contributed by atoms with E-state index in [1.165, 1.54) is 24.0 Å². The monoisotopic (exact) mass is 400 g/mol. The fraction of sp³-hybridized carbons (Fsp3) is 0.571. The second-order valence-corrected chi connectivity index (χ2v) is 8.53.